The smallest absolute Gasteiger partial charge is 0.257 e. The molecule has 2 rings (SSSR count). The average Bonchev–Trinajstić information content (AvgIpc) is 2.97. The Hall–Kier alpha value is -1.06. The molecule has 1 aliphatic rings. The molecule has 1 heterocycles. The molecule has 0 aliphatic heterocycles. The van der Waals surface area contributed by atoms with Gasteiger partial charge in [-0.25, -0.2) is 21.9 Å². The van der Waals surface area contributed by atoms with Crippen LogP contribution in [0.5, 0.6) is 0 Å². The quantitative estimate of drug-likeness (QED) is 0.803. The topological polar surface area (TPSA) is 90.0 Å². The monoisotopic (exact) mass is 308 g/mol. The summed E-state index contributed by atoms with van der Waals surface area (Å²) in [6.07, 6.45) is 2.19. The third-order valence-electron chi connectivity index (χ3n) is 3.51. The normalized spacial score (nSPS) is 23.6. The lowest BCUT2D eigenvalue weighted by Gasteiger charge is -2.18. The van der Waals surface area contributed by atoms with E-state index in [1.165, 1.54) is 0 Å². The molecule has 1 aliphatic carbocycles. The van der Waals surface area contributed by atoms with Crippen molar-refractivity contribution in [2.75, 3.05) is 6.54 Å². The molecular formula is C11H18F2N4O2S. The van der Waals surface area contributed by atoms with Crippen LogP contribution in [-0.2, 0) is 16.6 Å². The van der Waals surface area contributed by atoms with Gasteiger partial charge in [0.2, 0.25) is 10.0 Å². The van der Waals surface area contributed by atoms with Crippen molar-refractivity contribution in [2.24, 2.45) is 11.7 Å². The fourth-order valence-electron chi connectivity index (χ4n) is 2.47. The van der Waals surface area contributed by atoms with Crippen molar-refractivity contribution in [3.63, 3.8) is 0 Å². The maximum atomic E-state index is 12.2. The predicted octanol–water partition coefficient (Wildman–Crippen LogP) is 0.554. The first-order valence-electron chi connectivity index (χ1n) is 6.45. The average molecular weight is 308 g/mol. The summed E-state index contributed by atoms with van der Waals surface area (Å²) in [7, 11) is -3.74. The molecular weight excluding hydrogens is 290 g/mol. The second kappa shape index (κ2) is 6.15. The van der Waals surface area contributed by atoms with Crippen LogP contribution in [0.15, 0.2) is 17.3 Å². The van der Waals surface area contributed by atoms with E-state index in [1.54, 1.807) is 0 Å². The predicted molar refractivity (Wildman–Crippen MR) is 68.7 cm³/mol. The first kappa shape index (κ1) is 15.3. The van der Waals surface area contributed by atoms with E-state index in [1.807, 2.05) is 0 Å². The first-order valence-corrected chi connectivity index (χ1v) is 7.93. The molecule has 0 spiro atoms. The van der Waals surface area contributed by atoms with E-state index in [0.717, 1.165) is 36.3 Å². The Morgan fingerprint density at radius 3 is 2.90 bits per heavy atom. The SMILES string of the molecule is NCC1CCCC1NS(=O)(=O)c1cnn(CC(F)F)c1. The van der Waals surface area contributed by atoms with Crippen LogP contribution >= 0.6 is 0 Å². The molecule has 1 saturated carbocycles. The number of nitrogens with two attached hydrogens (primary N) is 1. The van der Waals surface area contributed by atoms with Crippen molar-refractivity contribution in [2.45, 2.75) is 43.2 Å². The van der Waals surface area contributed by atoms with Crippen LogP contribution in [0, 0.1) is 5.92 Å². The van der Waals surface area contributed by atoms with Gasteiger partial charge in [-0.3, -0.25) is 4.68 Å². The summed E-state index contributed by atoms with van der Waals surface area (Å²) in [6, 6.07) is -0.191. The van der Waals surface area contributed by atoms with E-state index >= 15 is 0 Å². The van der Waals surface area contributed by atoms with Gasteiger partial charge in [0.1, 0.15) is 11.4 Å². The lowest BCUT2D eigenvalue weighted by Crippen LogP contribution is -2.39. The summed E-state index contributed by atoms with van der Waals surface area (Å²) in [6.45, 7) is -0.192. The van der Waals surface area contributed by atoms with E-state index in [-0.39, 0.29) is 16.9 Å². The van der Waals surface area contributed by atoms with Crippen molar-refractivity contribution < 1.29 is 17.2 Å². The van der Waals surface area contributed by atoms with Gasteiger partial charge in [0.25, 0.3) is 6.43 Å². The standard InChI is InChI=1S/C11H18F2N4O2S/c12-11(13)7-17-6-9(5-15-17)20(18,19)16-10-3-1-2-8(10)4-14/h5-6,8,10-11,16H,1-4,7,14H2. The maximum absolute atomic E-state index is 12.2. The Morgan fingerprint density at radius 2 is 2.25 bits per heavy atom. The van der Waals surface area contributed by atoms with Gasteiger partial charge in [0, 0.05) is 12.2 Å². The van der Waals surface area contributed by atoms with Gasteiger partial charge >= 0.3 is 0 Å². The van der Waals surface area contributed by atoms with Crippen LogP contribution in [-0.4, -0.2) is 37.2 Å². The van der Waals surface area contributed by atoms with Gasteiger partial charge in [0.15, 0.2) is 0 Å². The molecule has 1 fully saturated rings. The molecule has 20 heavy (non-hydrogen) atoms. The highest BCUT2D eigenvalue weighted by molar-refractivity contribution is 7.89. The van der Waals surface area contributed by atoms with Gasteiger partial charge < -0.3 is 5.73 Å². The van der Waals surface area contributed by atoms with Crippen molar-refractivity contribution in [3.8, 4) is 0 Å². The lowest BCUT2D eigenvalue weighted by molar-refractivity contribution is 0.121. The summed E-state index contributed by atoms with van der Waals surface area (Å²) in [5.41, 5.74) is 5.61. The van der Waals surface area contributed by atoms with Crippen LogP contribution in [0.3, 0.4) is 0 Å². The Bertz CT molecular complexity index is 546. The molecule has 0 saturated heterocycles. The number of hydrogen-bond acceptors (Lipinski definition) is 4. The summed E-state index contributed by atoms with van der Waals surface area (Å²) in [4.78, 5) is -0.0965. The molecule has 6 nitrogen and oxygen atoms in total. The highest BCUT2D eigenvalue weighted by Gasteiger charge is 2.30. The molecule has 1 aromatic rings. The first-order chi connectivity index (χ1) is 9.42. The molecule has 2 atom stereocenters. The van der Waals surface area contributed by atoms with Crippen LogP contribution in [0.2, 0.25) is 0 Å². The Labute approximate surface area is 116 Å². The number of alkyl halides is 2. The number of sulfonamides is 1. The van der Waals surface area contributed by atoms with Crippen molar-refractivity contribution in [1.29, 1.82) is 0 Å². The van der Waals surface area contributed by atoms with Crippen LogP contribution in [0.25, 0.3) is 0 Å². The van der Waals surface area contributed by atoms with Gasteiger partial charge in [-0.1, -0.05) is 6.42 Å². The zero-order valence-corrected chi connectivity index (χ0v) is 11.7. The fourth-order valence-corrected chi connectivity index (χ4v) is 3.76. The molecule has 114 valence electrons. The highest BCUT2D eigenvalue weighted by atomic mass is 32.2. The van der Waals surface area contributed by atoms with Crippen LogP contribution in [0.1, 0.15) is 19.3 Å². The van der Waals surface area contributed by atoms with Gasteiger partial charge in [-0.2, -0.15) is 5.10 Å². The molecule has 0 aromatic carbocycles. The number of nitrogens with one attached hydrogen (secondary N) is 1. The molecule has 0 radical (unpaired) electrons. The van der Waals surface area contributed by atoms with E-state index in [9.17, 15) is 17.2 Å². The minimum atomic E-state index is -3.74. The van der Waals surface area contributed by atoms with Crippen LogP contribution < -0.4 is 10.5 Å². The van der Waals surface area contributed by atoms with Crippen LogP contribution in [0.4, 0.5) is 8.78 Å². The van der Waals surface area contributed by atoms with E-state index in [4.69, 9.17) is 5.73 Å². The fraction of sp³-hybridized carbons (Fsp3) is 0.727. The number of hydrogen-bond donors (Lipinski definition) is 2. The Balaban J connectivity index is 2.08. The minimum absolute atomic E-state index is 0.0965. The maximum Gasteiger partial charge on any atom is 0.257 e. The number of rotatable bonds is 6. The Morgan fingerprint density at radius 1 is 1.50 bits per heavy atom. The summed E-state index contributed by atoms with van der Waals surface area (Å²) in [5.74, 6) is 0.126. The van der Waals surface area contributed by atoms with Gasteiger partial charge in [-0.05, 0) is 25.3 Å². The van der Waals surface area contributed by atoms with E-state index < -0.39 is 23.0 Å². The van der Waals surface area contributed by atoms with Crippen molar-refractivity contribution in [1.82, 2.24) is 14.5 Å². The van der Waals surface area contributed by atoms with Gasteiger partial charge in [-0.15, -0.1) is 0 Å². The summed E-state index contributed by atoms with van der Waals surface area (Å²) >= 11 is 0. The Kier molecular flexibility index (Phi) is 4.71. The molecule has 9 heteroatoms. The third-order valence-corrected chi connectivity index (χ3v) is 4.96. The summed E-state index contributed by atoms with van der Waals surface area (Å²) in [5, 5.41) is 3.63. The van der Waals surface area contributed by atoms with Gasteiger partial charge in [0.05, 0.1) is 6.20 Å². The number of aromatic nitrogens is 2. The second-order valence-electron chi connectivity index (χ2n) is 4.94. The zero-order chi connectivity index (χ0) is 14.8. The molecule has 0 amide bonds. The molecule has 3 N–H and O–H groups in total. The highest BCUT2D eigenvalue weighted by Crippen LogP contribution is 2.26. The zero-order valence-electron chi connectivity index (χ0n) is 10.9. The summed E-state index contributed by atoms with van der Waals surface area (Å²) < 4.78 is 52.2. The van der Waals surface area contributed by atoms with Crippen molar-refractivity contribution in [3.05, 3.63) is 12.4 Å². The van der Waals surface area contributed by atoms with Crippen molar-refractivity contribution >= 4 is 10.0 Å². The van der Waals surface area contributed by atoms with E-state index in [0.29, 0.717) is 6.54 Å². The third kappa shape index (κ3) is 3.53. The largest absolute Gasteiger partial charge is 0.330 e. The number of nitrogens with zero attached hydrogens (tertiary/aromatic N) is 2. The number of halogens is 2. The second-order valence-corrected chi connectivity index (χ2v) is 6.66. The van der Waals surface area contributed by atoms with E-state index in [2.05, 4.69) is 9.82 Å². The molecule has 1 aromatic heterocycles. The molecule has 0 bridgehead atoms. The minimum Gasteiger partial charge on any atom is -0.330 e. The lowest BCUT2D eigenvalue weighted by atomic mass is 10.1. The molecule has 2 unspecified atom stereocenters.